The first-order valence-corrected chi connectivity index (χ1v) is 6.56. The Labute approximate surface area is 121 Å². The second-order valence-electron chi connectivity index (χ2n) is 5.19. The Bertz CT molecular complexity index is 628. The molecule has 114 valence electrons. The highest BCUT2D eigenvalue weighted by atomic mass is 19.4. The minimum Gasteiger partial charge on any atom is -0.382 e. The Kier molecular flexibility index (Phi) is 4.49. The lowest BCUT2D eigenvalue weighted by atomic mass is 10.1. The van der Waals surface area contributed by atoms with Gasteiger partial charge in [0.2, 0.25) is 0 Å². The molecule has 0 amide bonds. The van der Waals surface area contributed by atoms with Gasteiger partial charge in [-0.25, -0.2) is 0 Å². The van der Waals surface area contributed by atoms with E-state index in [1.807, 2.05) is 37.3 Å². The number of benzene rings is 1. The number of pyridine rings is 1. The van der Waals surface area contributed by atoms with Gasteiger partial charge in [-0.15, -0.1) is 0 Å². The summed E-state index contributed by atoms with van der Waals surface area (Å²) in [5, 5.41) is 10.0. The second kappa shape index (κ2) is 5.99. The fraction of sp³-hybridized carbons (Fsp3) is 0.400. The van der Waals surface area contributed by atoms with Crippen molar-refractivity contribution in [3.05, 3.63) is 41.6 Å². The molecule has 0 saturated carbocycles. The number of nitrogens with zero attached hydrogens (tertiary/aromatic N) is 2. The summed E-state index contributed by atoms with van der Waals surface area (Å²) in [7, 11) is 1.56. The van der Waals surface area contributed by atoms with E-state index >= 15 is 0 Å². The molecule has 0 saturated heterocycles. The summed E-state index contributed by atoms with van der Waals surface area (Å²) in [6.07, 6.45) is -6.93. The molecule has 2 rings (SSSR count). The summed E-state index contributed by atoms with van der Waals surface area (Å²) < 4.78 is 37.1. The van der Waals surface area contributed by atoms with Crippen molar-refractivity contribution in [1.82, 2.24) is 9.88 Å². The Morgan fingerprint density at radius 3 is 2.62 bits per heavy atom. The van der Waals surface area contributed by atoms with Crippen molar-refractivity contribution in [2.45, 2.75) is 25.7 Å². The van der Waals surface area contributed by atoms with Crippen molar-refractivity contribution in [2.75, 3.05) is 13.6 Å². The molecule has 0 fully saturated rings. The number of alkyl halides is 3. The van der Waals surface area contributed by atoms with Crippen LogP contribution in [0.2, 0.25) is 0 Å². The Morgan fingerprint density at radius 2 is 1.95 bits per heavy atom. The fourth-order valence-electron chi connectivity index (χ4n) is 2.28. The van der Waals surface area contributed by atoms with Crippen molar-refractivity contribution < 1.29 is 18.3 Å². The molecule has 1 N–H and O–H groups in total. The number of rotatable bonds is 4. The van der Waals surface area contributed by atoms with Crippen molar-refractivity contribution in [1.29, 1.82) is 0 Å². The maximum absolute atomic E-state index is 12.4. The van der Waals surface area contributed by atoms with Gasteiger partial charge in [0.15, 0.2) is 6.10 Å². The number of aliphatic hydroxyl groups excluding tert-OH is 1. The molecule has 0 spiro atoms. The Hall–Kier alpha value is -1.66. The van der Waals surface area contributed by atoms with Crippen LogP contribution in [-0.2, 0) is 6.54 Å². The number of hydrogen-bond donors (Lipinski definition) is 1. The Morgan fingerprint density at radius 1 is 1.29 bits per heavy atom. The van der Waals surface area contributed by atoms with Gasteiger partial charge in [-0.2, -0.15) is 13.2 Å². The maximum atomic E-state index is 12.4. The molecule has 2 aromatic rings. The zero-order chi connectivity index (χ0) is 15.6. The third-order valence-electron chi connectivity index (χ3n) is 3.23. The van der Waals surface area contributed by atoms with Crippen LogP contribution in [0.15, 0.2) is 30.3 Å². The van der Waals surface area contributed by atoms with Crippen LogP contribution in [0.3, 0.4) is 0 Å². The van der Waals surface area contributed by atoms with Gasteiger partial charge in [0, 0.05) is 24.2 Å². The van der Waals surface area contributed by atoms with Crippen LogP contribution in [0.1, 0.15) is 11.3 Å². The molecule has 21 heavy (non-hydrogen) atoms. The maximum Gasteiger partial charge on any atom is 0.415 e. The van der Waals surface area contributed by atoms with Gasteiger partial charge in [-0.05, 0) is 31.7 Å². The lowest BCUT2D eigenvalue weighted by Gasteiger charge is -2.23. The third kappa shape index (κ3) is 3.92. The molecule has 1 aromatic heterocycles. The molecule has 0 aliphatic carbocycles. The molecule has 3 nitrogen and oxygen atoms in total. The van der Waals surface area contributed by atoms with E-state index < -0.39 is 18.8 Å². The summed E-state index contributed by atoms with van der Waals surface area (Å²) in [4.78, 5) is 5.85. The summed E-state index contributed by atoms with van der Waals surface area (Å²) in [6, 6.07) is 9.36. The first-order chi connectivity index (χ1) is 9.77. The quantitative estimate of drug-likeness (QED) is 0.943. The van der Waals surface area contributed by atoms with Crippen molar-refractivity contribution in [3.8, 4) is 0 Å². The van der Waals surface area contributed by atoms with Gasteiger partial charge in [0.1, 0.15) is 0 Å². The van der Waals surface area contributed by atoms with E-state index in [1.165, 1.54) is 4.90 Å². The molecule has 0 bridgehead atoms. The minimum atomic E-state index is -4.59. The predicted octanol–water partition coefficient (Wildman–Crippen LogP) is 2.90. The highest BCUT2D eigenvalue weighted by Crippen LogP contribution is 2.22. The van der Waals surface area contributed by atoms with Gasteiger partial charge >= 0.3 is 6.18 Å². The van der Waals surface area contributed by atoms with Gasteiger partial charge in [0.25, 0.3) is 0 Å². The molecule has 0 aliphatic rings. The standard InChI is InChI=1S/C15H17F3N2O/c1-10-7-11(12-5-3-4-6-13(12)19-10)8-20(2)9-14(21)15(16,17)18/h3-7,14,21H,8-9H2,1-2H3. The normalized spacial score (nSPS) is 13.9. The number of likely N-dealkylation sites (N-methyl/N-ethyl adjacent to an activating group) is 1. The number of aryl methyl sites for hydroxylation is 1. The van der Waals surface area contributed by atoms with E-state index in [0.717, 1.165) is 22.2 Å². The van der Waals surface area contributed by atoms with E-state index in [9.17, 15) is 13.2 Å². The second-order valence-corrected chi connectivity index (χ2v) is 5.19. The molecule has 1 aromatic carbocycles. The highest BCUT2D eigenvalue weighted by molar-refractivity contribution is 5.82. The largest absolute Gasteiger partial charge is 0.415 e. The number of para-hydroxylation sites is 1. The zero-order valence-electron chi connectivity index (χ0n) is 11.9. The molecular weight excluding hydrogens is 281 g/mol. The van der Waals surface area contributed by atoms with E-state index in [1.54, 1.807) is 7.05 Å². The van der Waals surface area contributed by atoms with Crippen LogP contribution < -0.4 is 0 Å². The van der Waals surface area contributed by atoms with Crippen LogP contribution in [0.4, 0.5) is 13.2 Å². The lowest BCUT2D eigenvalue weighted by molar-refractivity contribution is -0.207. The number of hydrogen-bond acceptors (Lipinski definition) is 3. The van der Waals surface area contributed by atoms with Gasteiger partial charge in [0.05, 0.1) is 5.52 Å². The fourth-order valence-corrected chi connectivity index (χ4v) is 2.28. The molecule has 0 aliphatic heterocycles. The smallest absolute Gasteiger partial charge is 0.382 e. The van der Waals surface area contributed by atoms with Gasteiger partial charge in [-0.3, -0.25) is 9.88 Å². The number of aromatic nitrogens is 1. The summed E-state index contributed by atoms with van der Waals surface area (Å²) in [5.74, 6) is 0. The zero-order valence-corrected chi connectivity index (χ0v) is 11.9. The molecule has 6 heteroatoms. The van der Waals surface area contributed by atoms with Gasteiger partial charge < -0.3 is 5.11 Å². The number of aliphatic hydroxyl groups is 1. The third-order valence-corrected chi connectivity index (χ3v) is 3.23. The topological polar surface area (TPSA) is 36.4 Å². The lowest BCUT2D eigenvalue weighted by Crippen LogP contribution is -2.39. The van der Waals surface area contributed by atoms with Crippen LogP contribution in [0.5, 0.6) is 0 Å². The predicted molar refractivity (Wildman–Crippen MR) is 74.9 cm³/mol. The van der Waals surface area contributed by atoms with E-state index in [0.29, 0.717) is 6.54 Å². The molecule has 1 heterocycles. The first-order valence-electron chi connectivity index (χ1n) is 6.56. The Balaban J connectivity index is 2.20. The summed E-state index contributed by atoms with van der Waals surface area (Å²) in [6.45, 7) is 1.71. The van der Waals surface area contributed by atoms with E-state index in [4.69, 9.17) is 5.11 Å². The van der Waals surface area contributed by atoms with Crippen molar-refractivity contribution >= 4 is 10.9 Å². The first kappa shape index (κ1) is 15.7. The summed E-state index contributed by atoms with van der Waals surface area (Å²) in [5.41, 5.74) is 2.53. The average molecular weight is 298 g/mol. The molecular formula is C15H17F3N2O. The van der Waals surface area contributed by atoms with Crippen LogP contribution in [0, 0.1) is 6.92 Å². The number of fused-ring (bicyclic) bond motifs is 1. The molecule has 1 unspecified atom stereocenters. The molecule has 1 atom stereocenters. The summed E-state index contributed by atoms with van der Waals surface area (Å²) >= 11 is 0. The monoisotopic (exact) mass is 298 g/mol. The average Bonchev–Trinajstić information content (AvgIpc) is 2.37. The van der Waals surface area contributed by atoms with Crippen molar-refractivity contribution in [2.24, 2.45) is 0 Å². The molecule has 0 radical (unpaired) electrons. The van der Waals surface area contributed by atoms with E-state index in [2.05, 4.69) is 4.98 Å². The SMILES string of the molecule is Cc1cc(CN(C)CC(O)C(F)(F)F)c2ccccc2n1. The van der Waals surface area contributed by atoms with Crippen LogP contribution >= 0.6 is 0 Å². The number of halogens is 3. The minimum absolute atomic E-state index is 0.316. The van der Waals surface area contributed by atoms with Gasteiger partial charge in [-0.1, -0.05) is 18.2 Å². The van der Waals surface area contributed by atoms with Crippen LogP contribution in [-0.4, -0.2) is 40.9 Å². The van der Waals surface area contributed by atoms with Crippen molar-refractivity contribution in [3.63, 3.8) is 0 Å². The van der Waals surface area contributed by atoms with E-state index in [-0.39, 0.29) is 0 Å². The highest BCUT2D eigenvalue weighted by Gasteiger charge is 2.38. The van der Waals surface area contributed by atoms with Crippen LogP contribution in [0.25, 0.3) is 10.9 Å².